The molecule has 0 aliphatic rings. The van der Waals surface area contributed by atoms with Crippen LogP contribution in [-0.2, 0) is 4.74 Å². The third-order valence-corrected chi connectivity index (χ3v) is 12.1. The normalized spacial score (nSPS) is 11.6. The molecule has 0 saturated carbocycles. The molecule has 0 bridgehead atoms. The minimum Gasteiger partial charge on any atom is -0.870 e. The molecule has 2 unspecified atom stereocenters. The van der Waals surface area contributed by atoms with E-state index in [1.165, 1.54) is 36.4 Å². The fraction of sp³-hybridized carbons (Fsp3) is 0.100. The van der Waals surface area contributed by atoms with Crippen molar-refractivity contribution in [2.75, 3.05) is 17.2 Å². The average molecular weight is 955 g/mol. The number of halogens is 2. The van der Waals surface area contributed by atoms with E-state index < -0.39 is 17.8 Å². The summed E-state index contributed by atoms with van der Waals surface area (Å²) in [6.07, 6.45) is 0. The monoisotopic (exact) mass is 954 g/mol. The van der Waals surface area contributed by atoms with Gasteiger partial charge in [0.15, 0.2) is 0 Å². The summed E-state index contributed by atoms with van der Waals surface area (Å²) in [4.78, 5) is 25.4. The molecule has 0 radical (unpaired) electrons. The van der Waals surface area contributed by atoms with Crippen molar-refractivity contribution in [3.63, 3.8) is 0 Å². The number of furan rings is 2. The third-order valence-electron chi connectivity index (χ3n) is 12.1. The standard InChI is InChI=1S/C31H26FNO3.C29H22FNO3.Li.H2O/c1-3-35-31(34)29-26-18-25(22-12-8-5-9-13-22)27(33-20(2)21-10-6-4-7-11-21)19-28(26)36-30(29)23-14-16-24(32)17-15-23;1-18(19-8-4-2-5-9-19)31-25-17-26-24(16-23(25)20-10-6-3-7-11-20)27(29(32)33)28(34-26)21-12-14-22(30)15-13-21;;/h4-20,33H,3H2,1-2H3;2-18,31H,1H3,(H,32,33);;1H2/q;;+1;/p-1. The summed E-state index contributed by atoms with van der Waals surface area (Å²) in [6, 6.07) is 59.2. The number of fused-ring (bicyclic) bond motifs is 2. The van der Waals surface area contributed by atoms with Gasteiger partial charge in [-0.3, -0.25) is 0 Å². The van der Waals surface area contributed by atoms with Crippen molar-refractivity contribution in [1.82, 2.24) is 0 Å². The van der Waals surface area contributed by atoms with Crippen LogP contribution in [-0.4, -0.2) is 29.1 Å². The summed E-state index contributed by atoms with van der Waals surface area (Å²) in [6.45, 7) is 6.17. The molecule has 0 aliphatic heterocycles. The fourth-order valence-electron chi connectivity index (χ4n) is 8.58. The van der Waals surface area contributed by atoms with Crippen molar-refractivity contribution >= 4 is 45.3 Å². The predicted molar refractivity (Wildman–Crippen MR) is 276 cm³/mol. The van der Waals surface area contributed by atoms with Crippen LogP contribution in [0.5, 0.6) is 0 Å². The number of hydrogen-bond acceptors (Lipinski definition) is 8. The smallest absolute Gasteiger partial charge is 0.870 e. The molecule has 12 heteroatoms. The molecule has 0 spiro atoms. The number of carbonyl (C=O) groups excluding carboxylic acids is 1. The topological polar surface area (TPSA) is 144 Å². The molecule has 4 N–H and O–H groups in total. The van der Waals surface area contributed by atoms with Gasteiger partial charge in [0.25, 0.3) is 0 Å². The Morgan fingerprint density at radius 2 is 0.889 bits per heavy atom. The number of carbonyl (C=O) groups is 2. The Hall–Kier alpha value is -8.20. The number of ether oxygens (including phenoxy) is 1. The van der Waals surface area contributed by atoms with Crippen molar-refractivity contribution in [2.24, 2.45) is 0 Å². The number of anilines is 2. The molecule has 10 rings (SSSR count). The molecule has 0 amide bonds. The largest absolute Gasteiger partial charge is 1.00 e. The van der Waals surface area contributed by atoms with E-state index in [-0.39, 0.29) is 60.2 Å². The molecule has 72 heavy (non-hydrogen) atoms. The van der Waals surface area contributed by atoms with E-state index in [1.807, 2.05) is 121 Å². The molecule has 10 aromatic rings. The first-order valence-corrected chi connectivity index (χ1v) is 22.9. The van der Waals surface area contributed by atoms with Gasteiger partial charge < -0.3 is 34.8 Å². The third kappa shape index (κ3) is 11.2. The summed E-state index contributed by atoms with van der Waals surface area (Å²) >= 11 is 0. The average Bonchev–Trinajstić information content (AvgIpc) is 3.96. The molecule has 0 aliphatic carbocycles. The maximum Gasteiger partial charge on any atom is 1.00 e. The second-order valence-electron chi connectivity index (χ2n) is 16.7. The molecule has 2 atom stereocenters. The van der Waals surface area contributed by atoms with Crippen LogP contribution in [0, 0.1) is 11.6 Å². The Bertz CT molecular complexity index is 3420. The minimum absolute atomic E-state index is 0. The zero-order valence-electron chi connectivity index (χ0n) is 40.0. The van der Waals surface area contributed by atoms with Gasteiger partial charge in [-0.1, -0.05) is 121 Å². The minimum atomic E-state index is -1.10. The number of carboxylic acid groups (broad SMARTS) is 1. The molecular weight excluding hydrogens is 906 g/mol. The van der Waals surface area contributed by atoms with Gasteiger partial charge in [-0.2, -0.15) is 0 Å². The van der Waals surface area contributed by atoms with E-state index in [0.717, 1.165) is 44.8 Å². The van der Waals surface area contributed by atoms with Crippen LogP contribution in [0.25, 0.3) is 66.8 Å². The van der Waals surface area contributed by atoms with Crippen molar-refractivity contribution in [3.05, 3.63) is 228 Å². The van der Waals surface area contributed by atoms with Gasteiger partial charge in [-0.25, -0.2) is 18.4 Å². The number of benzene rings is 8. The molecular formula is C60H49F2LiN2O7. The van der Waals surface area contributed by atoms with Gasteiger partial charge in [-0.05, 0) is 104 Å². The zero-order valence-corrected chi connectivity index (χ0v) is 40.0. The molecule has 356 valence electrons. The molecule has 8 aromatic carbocycles. The van der Waals surface area contributed by atoms with Gasteiger partial charge in [0, 0.05) is 68.6 Å². The Kier molecular flexibility index (Phi) is 16.6. The fourth-order valence-corrected chi connectivity index (χ4v) is 8.58. The van der Waals surface area contributed by atoms with Crippen molar-refractivity contribution in [1.29, 1.82) is 0 Å². The van der Waals surface area contributed by atoms with Crippen molar-refractivity contribution in [2.45, 2.75) is 32.9 Å². The van der Waals surface area contributed by atoms with E-state index in [9.17, 15) is 23.5 Å². The van der Waals surface area contributed by atoms with E-state index in [2.05, 4.69) is 48.7 Å². The molecule has 2 heterocycles. The maximum absolute atomic E-state index is 13.6. The van der Waals surface area contributed by atoms with Crippen LogP contribution in [0.4, 0.5) is 20.2 Å². The second kappa shape index (κ2) is 23.1. The molecule has 9 nitrogen and oxygen atoms in total. The van der Waals surface area contributed by atoms with Crippen LogP contribution in [0.3, 0.4) is 0 Å². The second-order valence-corrected chi connectivity index (χ2v) is 16.7. The molecule has 0 saturated heterocycles. The first-order valence-electron chi connectivity index (χ1n) is 22.9. The number of rotatable bonds is 13. The van der Waals surface area contributed by atoms with E-state index in [1.54, 1.807) is 19.1 Å². The number of esters is 1. The molecule has 0 fully saturated rings. The van der Waals surface area contributed by atoms with Crippen LogP contribution in [0.1, 0.15) is 64.7 Å². The van der Waals surface area contributed by atoms with Crippen LogP contribution < -0.4 is 29.5 Å². The SMILES string of the molecule is CC(Nc1cc2oc(-c3ccc(F)cc3)c(C(=O)O)c2cc1-c1ccccc1)c1ccccc1.CCOC(=O)c1c(-c2ccc(F)cc2)oc2cc(NC(C)c3ccccc3)c(-c3ccccc3)cc12.[Li+].[OH-]. The Morgan fingerprint density at radius 1 is 0.528 bits per heavy atom. The maximum atomic E-state index is 13.6. The summed E-state index contributed by atoms with van der Waals surface area (Å²) < 4.78 is 44.8. The summed E-state index contributed by atoms with van der Waals surface area (Å²) in [7, 11) is 0. The molecule has 2 aromatic heterocycles. The summed E-state index contributed by atoms with van der Waals surface area (Å²) in [5, 5.41) is 18.4. The van der Waals surface area contributed by atoms with E-state index >= 15 is 0 Å². The Labute approximate surface area is 427 Å². The van der Waals surface area contributed by atoms with Crippen molar-refractivity contribution < 1.29 is 61.4 Å². The Balaban J connectivity index is 0.000000206. The van der Waals surface area contributed by atoms with Gasteiger partial charge in [0.1, 0.15) is 45.4 Å². The predicted octanol–water partition coefficient (Wildman–Crippen LogP) is 12.9. The number of hydrogen-bond donors (Lipinski definition) is 3. The van der Waals surface area contributed by atoms with Gasteiger partial charge in [0.2, 0.25) is 0 Å². The van der Waals surface area contributed by atoms with Crippen LogP contribution in [0.2, 0.25) is 0 Å². The van der Waals surface area contributed by atoms with Gasteiger partial charge in [0.05, 0.1) is 6.61 Å². The first kappa shape index (κ1) is 51.6. The zero-order chi connectivity index (χ0) is 48.7. The first-order chi connectivity index (χ1) is 34.1. The van der Waals surface area contributed by atoms with Gasteiger partial charge >= 0.3 is 30.8 Å². The Morgan fingerprint density at radius 3 is 1.26 bits per heavy atom. The summed E-state index contributed by atoms with van der Waals surface area (Å²) in [5.41, 5.74) is 10.2. The van der Waals surface area contributed by atoms with Crippen molar-refractivity contribution in [3.8, 4) is 44.9 Å². The number of nitrogens with one attached hydrogen (secondary N) is 2. The van der Waals surface area contributed by atoms with E-state index in [4.69, 9.17) is 13.6 Å². The van der Waals surface area contributed by atoms with Crippen LogP contribution in [0.15, 0.2) is 203 Å². The quantitative estimate of drug-likeness (QED) is 0.0760. The number of aromatic carboxylic acids is 1. The summed E-state index contributed by atoms with van der Waals surface area (Å²) in [5.74, 6) is -1.78. The number of carboxylic acids is 1. The van der Waals surface area contributed by atoms with Crippen LogP contribution >= 0.6 is 0 Å². The van der Waals surface area contributed by atoms with E-state index in [0.29, 0.717) is 44.4 Å². The van der Waals surface area contributed by atoms with Gasteiger partial charge in [-0.15, -0.1) is 0 Å².